The Balaban J connectivity index is 1.05. The molecule has 2 fully saturated rings. The van der Waals surface area contributed by atoms with Crippen LogP contribution in [0.3, 0.4) is 0 Å². The molecule has 0 aliphatic carbocycles. The van der Waals surface area contributed by atoms with Crippen LogP contribution in [0.4, 0.5) is 0 Å². The van der Waals surface area contributed by atoms with Crippen LogP contribution in [0.15, 0.2) is 73.1 Å². The lowest BCUT2D eigenvalue weighted by atomic mass is 9.82. The lowest BCUT2D eigenvalue weighted by Gasteiger charge is -2.43. The third-order valence-electron chi connectivity index (χ3n) is 9.92. The number of aromatic nitrogens is 1. The SMILES string of the molecule is CCOc1cc(C2OC2N2CCC3(CC2)CC(=O)c2cc(-c4cccc(C(=O)C(C)C)c4)ccc2O3)cc(OCC)c1-c1cncc(C(=O)O)c1. The van der Waals surface area contributed by atoms with Crippen LogP contribution in [0.2, 0.25) is 0 Å². The first-order chi connectivity index (χ1) is 24.6. The minimum Gasteiger partial charge on any atom is -0.493 e. The van der Waals surface area contributed by atoms with Gasteiger partial charge >= 0.3 is 5.97 Å². The van der Waals surface area contributed by atoms with Gasteiger partial charge in [0.1, 0.15) is 35.2 Å². The van der Waals surface area contributed by atoms with E-state index >= 15 is 0 Å². The first kappa shape index (κ1) is 34.4. The quantitative estimate of drug-likeness (QED) is 0.124. The van der Waals surface area contributed by atoms with E-state index in [9.17, 15) is 19.5 Å². The summed E-state index contributed by atoms with van der Waals surface area (Å²) in [6, 6.07) is 18.7. The van der Waals surface area contributed by atoms with Gasteiger partial charge in [0.2, 0.25) is 0 Å². The highest BCUT2D eigenvalue weighted by Crippen LogP contribution is 2.49. The third-order valence-corrected chi connectivity index (χ3v) is 9.92. The molecule has 1 aromatic heterocycles. The van der Waals surface area contributed by atoms with E-state index in [2.05, 4.69) is 9.88 Å². The average molecular weight is 691 g/mol. The molecule has 51 heavy (non-hydrogen) atoms. The van der Waals surface area contributed by atoms with Crippen LogP contribution in [0.5, 0.6) is 17.2 Å². The fraction of sp³-hybridized carbons (Fsp3) is 0.366. The summed E-state index contributed by atoms with van der Waals surface area (Å²) in [5, 5.41) is 9.54. The van der Waals surface area contributed by atoms with Gasteiger partial charge in [-0.1, -0.05) is 38.1 Å². The lowest BCUT2D eigenvalue weighted by Crippen LogP contribution is -2.51. The molecule has 0 bridgehead atoms. The second kappa shape index (κ2) is 13.9. The molecular weight excluding hydrogens is 648 g/mol. The van der Waals surface area contributed by atoms with Crippen LogP contribution in [0, 0.1) is 5.92 Å². The fourth-order valence-electron chi connectivity index (χ4n) is 7.24. The van der Waals surface area contributed by atoms with E-state index in [0.717, 1.165) is 16.7 Å². The summed E-state index contributed by atoms with van der Waals surface area (Å²) in [6.07, 6.45) is 4.27. The van der Waals surface area contributed by atoms with Gasteiger partial charge in [-0.05, 0) is 66.9 Å². The number of hydrogen-bond donors (Lipinski definition) is 1. The molecule has 2 atom stereocenters. The summed E-state index contributed by atoms with van der Waals surface area (Å²) in [5.41, 5.74) is 4.68. The zero-order valence-electron chi connectivity index (χ0n) is 29.3. The van der Waals surface area contributed by atoms with Crippen molar-refractivity contribution in [2.45, 2.75) is 64.9 Å². The smallest absolute Gasteiger partial charge is 0.337 e. The van der Waals surface area contributed by atoms with E-state index in [1.165, 1.54) is 6.20 Å². The molecule has 2 unspecified atom stereocenters. The van der Waals surface area contributed by atoms with Crippen molar-refractivity contribution in [1.82, 2.24) is 9.88 Å². The average Bonchev–Trinajstić information content (AvgIpc) is 3.93. The summed E-state index contributed by atoms with van der Waals surface area (Å²) in [6.45, 7) is 9.81. The number of epoxide rings is 1. The van der Waals surface area contributed by atoms with Gasteiger partial charge in [0, 0.05) is 55.4 Å². The lowest BCUT2D eigenvalue weighted by molar-refractivity contribution is -0.0186. The van der Waals surface area contributed by atoms with Crippen LogP contribution in [-0.4, -0.2) is 70.7 Å². The number of hydrogen-bond acceptors (Lipinski definition) is 9. The molecule has 3 aliphatic rings. The third kappa shape index (κ3) is 6.86. The number of fused-ring (bicyclic) bond motifs is 1. The molecule has 2 saturated heterocycles. The number of carboxylic acid groups (broad SMARTS) is 1. The first-order valence-corrected chi connectivity index (χ1v) is 17.6. The molecule has 3 aromatic carbocycles. The van der Waals surface area contributed by atoms with Gasteiger partial charge in [0.05, 0.1) is 36.3 Å². The Bertz CT molecular complexity index is 1970. The molecule has 3 aliphatic heterocycles. The number of rotatable bonds is 11. The van der Waals surface area contributed by atoms with Gasteiger partial charge in [-0.15, -0.1) is 0 Å². The van der Waals surface area contributed by atoms with Crippen molar-refractivity contribution < 1.29 is 38.4 Å². The predicted molar refractivity (Wildman–Crippen MR) is 191 cm³/mol. The van der Waals surface area contributed by atoms with Crippen molar-refractivity contribution in [1.29, 1.82) is 0 Å². The first-order valence-electron chi connectivity index (χ1n) is 17.6. The summed E-state index contributed by atoms with van der Waals surface area (Å²) in [4.78, 5) is 44.3. The minimum atomic E-state index is -1.06. The van der Waals surface area contributed by atoms with Crippen LogP contribution < -0.4 is 14.2 Å². The van der Waals surface area contributed by atoms with Gasteiger partial charge < -0.3 is 24.1 Å². The number of ketones is 2. The molecular formula is C41H42N2O8. The Hall–Kier alpha value is -5.06. The topological polar surface area (TPSA) is 128 Å². The van der Waals surface area contributed by atoms with Crippen molar-refractivity contribution >= 4 is 17.5 Å². The van der Waals surface area contributed by atoms with Crippen molar-refractivity contribution in [3.05, 3.63) is 95.3 Å². The summed E-state index contributed by atoms with van der Waals surface area (Å²) in [7, 11) is 0. The molecule has 10 heteroatoms. The largest absolute Gasteiger partial charge is 0.493 e. The molecule has 4 aromatic rings. The Labute approximate surface area is 297 Å². The fourth-order valence-corrected chi connectivity index (χ4v) is 7.24. The summed E-state index contributed by atoms with van der Waals surface area (Å²) < 4.78 is 25.0. The van der Waals surface area contributed by atoms with Gasteiger partial charge in [0.25, 0.3) is 0 Å². The molecule has 0 radical (unpaired) electrons. The summed E-state index contributed by atoms with van der Waals surface area (Å²) >= 11 is 0. The van der Waals surface area contributed by atoms with Crippen molar-refractivity contribution in [2.24, 2.45) is 5.92 Å². The molecule has 0 amide bonds. The zero-order valence-corrected chi connectivity index (χ0v) is 29.3. The Morgan fingerprint density at radius 3 is 2.27 bits per heavy atom. The standard InChI is InChI=1S/C41H42N2O8/c1-5-48-34-19-28(20-35(49-6-2)36(34)29-17-30(40(46)47)23-42-22-29)38-39(50-38)43-14-12-41(13-15-43)21-32(44)31-18-26(10-11-33(31)51-41)25-8-7-9-27(16-25)37(45)24(3)4/h7-11,16-20,22-24,38-39H,5-6,12-15,21H2,1-4H3,(H,46,47). The Kier molecular flexibility index (Phi) is 9.39. The second-order valence-corrected chi connectivity index (χ2v) is 13.7. The molecule has 10 nitrogen and oxygen atoms in total. The van der Waals surface area contributed by atoms with Crippen LogP contribution >= 0.6 is 0 Å². The minimum absolute atomic E-state index is 0.0672. The van der Waals surface area contributed by atoms with Crippen LogP contribution in [0.25, 0.3) is 22.3 Å². The number of benzene rings is 3. The Morgan fingerprint density at radius 1 is 0.922 bits per heavy atom. The maximum absolute atomic E-state index is 13.6. The van der Waals surface area contributed by atoms with E-state index < -0.39 is 11.6 Å². The molecule has 4 heterocycles. The van der Waals surface area contributed by atoms with E-state index in [-0.39, 0.29) is 35.4 Å². The molecule has 1 spiro atoms. The number of pyridine rings is 1. The monoisotopic (exact) mass is 690 g/mol. The van der Waals surface area contributed by atoms with Gasteiger partial charge in [-0.2, -0.15) is 0 Å². The number of likely N-dealkylation sites (tertiary alicyclic amines) is 1. The molecule has 264 valence electrons. The number of carboxylic acids is 1. The second-order valence-electron chi connectivity index (χ2n) is 13.7. The van der Waals surface area contributed by atoms with Gasteiger partial charge in [0.15, 0.2) is 11.6 Å². The number of piperidine rings is 1. The maximum Gasteiger partial charge on any atom is 0.337 e. The van der Waals surface area contributed by atoms with Crippen molar-refractivity contribution in [2.75, 3.05) is 26.3 Å². The highest BCUT2D eigenvalue weighted by molar-refractivity contribution is 6.02. The van der Waals surface area contributed by atoms with Crippen LogP contribution in [-0.2, 0) is 4.74 Å². The normalized spacial score (nSPS) is 19.4. The van der Waals surface area contributed by atoms with Crippen molar-refractivity contribution in [3.63, 3.8) is 0 Å². The number of ether oxygens (including phenoxy) is 4. The van der Waals surface area contributed by atoms with E-state index in [0.29, 0.717) is 85.1 Å². The highest BCUT2D eigenvalue weighted by atomic mass is 16.6. The predicted octanol–water partition coefficient (Wildman–Crippen LogP) is 7.65. The number of nitrogens with zero attached hydrogens (tertiary/aromatic N) is 2. The van der Waals surface area contributed by atoms with E-state index in [1.807, 2.05) is 82.3 Å². The summed E-state index contributed by atoms with van der Waals surface area (Å²) in [5.74, 6) is 0.750. The maximum atomic E-state index is 13.6. The number of carbonyl (C=O) groups is 3. The molecule has 7 rings (SSSR count). The van der Waals surface area contributed by atoms with Gasteiger partial charge in [-0.25, -0.2) is 4.79 Å². The van der Waals surface area contributed by atoms with Gasteiger partial charge in [-0.3, -0.25) is 19.5 Å². The zero-order chi connectivity index (χ0) is 35.9. The molecule has 1 N–H and O–H groups in total. The number of Topliss-reactive ketones (excluding diaryl/α,β-unsaturated/α-hetero) is 2. The number of aromatic carboxylic acids is 1. The highest BCUT2D eigenvalue weighted by Gasteiger charge is 2.50. The van der Waals surface area contributed by atoms with E-state index in [4.69, 9.17) is 18.9 Å². The van der Waals surface area contributed by atoms with Crippen LogP contribution in [0.1, 0.15) is 89.7 Å². The van der Waals surface area contributed by atoms with Crippen molar-refractivity contribution in [3.8, 4) is 39.5 Å². The number of carbonyl (C=O) groups excluding carboxylic acids is 2. The Morgan fingerprint density at radius 2 is 1.61 bits per heavy atom. The van der Waals surface area contributed by atoms with E-state index in [1.54, 1.807) is 12.3 Å². The molecule has 0 saturated carbocycles.